The number of rotatable bonds is 3. The predicted molar refractivity (Wildman–Crippen MR) is 90.2 cm³/mol. The van der Waals surface area contributed by atoms with Crippen molar-refractivity contribution in [2.75, 3.05) is 39.3 Å². The molecule has 2 heterocycles. The van der Waals surface area contributed by atoms with E-state index in [4.69, 9.17) is 0 Å². The van der Waals surface area contributed by atoms with E-state index in [0.717, 1.165) is 5.56 Å². The summed E-state index contributed by atoms with van der Waals surface area (Å²) >= 11 is 0. The standard InChI is InChI=1S/C18H24FN3O3/c1-13(23)20-5-7-21(8-6-20)18(25)12-22-11-16(24)10-17(22)14-3-2-4-15(19)9-14/h2-4,9,16-17,24H,5-8,10-12H2,1H3/t16-,17-/m1/s1. The van der Waals surface area contributed by atoms with Crippen molar-refractivity contribution in [3.05, 3.63) is 35.6 Å². The van der Waals surface area contributed by atoms with Crippen molar-refractivity contribution in [3.8, 4) is 0 Å². The number of aliphatic hydroxyl groups is 1. The molecular formula is C18H24FN3O3. The van der Waals surface area contributed by atoms with Crippen molar-refractivity contribution >= 4 is 11.8 Å². The van der Waals surface area contributed by atoms with Gasteiger partial charge in [0.1, 0.15) is 5.82 Å². The largest absolute Gasteiger partial charge is 0.392 e. The van der Waals surface area contributed by atoms with Crippen LogP contribution in [0.5, 0.6) is 0 Å². The van der Waals surface area contributed by atoms with Gasteiger partial charge in [-0.2, -0.15) is 0 Å². The molecule has 0 aromatic heterocycles. The van der Waals surface area contributed by atoms with Gasteiger partial charge in [-0.1, -0.05) is 12.1 Å². The van der Waals surface area contributed by atoms with Crippen molar-refractivity contribution in [1.29, 1.82) is 0 Å². The van der Waals surface area contributed by atoms with Gasteiger partial charge in [0.15, 0.2) is 0 Å². The average Bonchev–Trinajstić information content (AvgIpc) is 2.95. The molecule has 0 radical (unpaired) electrons. The second kappa shape index (κ2) is 7.49. The SMILES string of the molecule is CC(=O)N1CCN(C(=O)CN2C[C@H](O)C[C@@H]2c2cccc(F)c2)CC1. The quantitative estimate of drug-likeness (QED) is 0.869. The lowest BCUT2D eigenvalue weighted by Crippen LogP contribution is -2.52. The van der Waals surface area contributed by atoms with Crippen LogP contribution in [-0.4, -0.2) is 77.0 Å². The Morgan fingerprint density at radius 3 is 2.52 bits per heavy atom. The van der Waals surface area contributed by atoms with E-state index in [1.54, 1.807) is 15.9 Å². The van der Waals surface area contributed by atoms with Crippen molar-refractivity contribution in [2.24, 2.45) is 0 Å². The zero-order valence-corrected chi connectivity index (χ0v) is 14.4. The van der Waals surface area contributed by atoms with Gasteiger partial charge in [-0.3, -0.25) is 14.5 Å². The number of amides is 2. The molecule has 0 spiro atoms. The van der Waals surface area contributed by atoms with Crippen LogP contribution in [0, 0.1) is 5.82 Å². The lowest BCUT2D eigenvalue weighted by molar-refractivity contribution is -0.139. The zero-order chi connectivity index (χ0) is 18.0. The maximum absolute atomic E-state index is 13.5. The fraction of sp³-hybridized carbons (Fsp3) is 0.556. The Balaban J connectivity index is 1.62. The number of benzene rings is 1. The monoisotopic (exact) mass is 349 g/mol. The number of likely N-dealkylation sites (tertiary alicyclic amines) is 1. The third kappa shape index (κ3) is 4.16. The first-order valence-electron chi connectivity index (χ1n) is 8.65. The van der Waals surface area contributed by atoms with Gasteiger partial charge in [0.05, 0.1) is 12.6 Å². The molecule has 3 rings (SSSR count). The molecule has 0 bridgehead atoms. The molecule has 2 atom stereocenters. The Kier molecular flexibility index (Phi) is 5.34. The third-order valence-electron chi connectivity index (χ3n) is 5.03. The number of carbonyl (C=O) groups is 2. The molecule has 1 N–H and O–H groups in total. The van der Waals surface area contributed by atoms with Crippen molar-refractivity contribution in [1.82, 2.24) is 14.7 Å². The van der Waals surface area contributed by atoms with Crippen molar-refractivity contribution < 1.29 is 19.1 Å². The van der Waals surface area contributed by atoms with Gasteiger partial charge in [0.2, 0.25) is 11.8 Å². The highest BCUT2D eigenvalue weighted by molar-refractivity contribution is 5.79. The van der Waals surface area contributed by atoms with Gasteiger partial charge in [0.25, 0.3) is 0 Å². The van der Waals surface area contributed by atoms with Gasteiger partial charge in [-0.25, -0.2) is 4.39 Å². The number of aliphatic hydroxyl groups excluding tert-OH is 1. The van der Waals surface area contributed by atoms with E-state index < -0.39 is 6.10 Å². The summed E-state index contributed by atoms with van der Waals surface area (Å²) in [7, 11) is 0. The summed E-state index contributed by atoms with van der Waals surface area (Å²) in [5, 5.41) is 10.0. The van der Waals surface area contributed by atoms with E-state index in [2.05, 4.69) is 0 Å². The van der Waals surface area contributed by atoms with Gasteiger partial charge < -0.3 is 14.9 Å². The van der Waals surface area contributed by atoms with Crippen LogP contribution in [0.3, 0.4) is 0 Å². The van der Waals surface area contributed by atoms with Gasteiger partial charge in [-0.05, 0) is 24.1 Å². The maximum Gasteiger partial charge on any atom is 0.236 e. The van der Waals surface area contributed by atoms with E-state index in [0.29, 0.717) is 39.1 Å². The molecule has 2 aliphatic rings. The summed E-state index contributed by atoms with van der Waals surface area (Å²) < 4.78 is 13.5. The molecule has 2 fully saturated rings. The number of halogens is 1. The summed E-state index contributed by atoms with van der Waals surface area (Å²) in [4.78, 5) is 29.4. The van der Waals surface area contributed by atoms with Crippen molar-refractivity contribution in [3.63, 3.8) is 0 Å². The lowest BCUT2D eigenvalue weighted by atomic mass is 10.0. The number of nitrogens with zero attached hydrogens (tertiary/aromatic N) is 3. The second-order valence-corrected chi connectivity index (χ2v) is 6.78. The highest BCUT2D eigenvalue weighted by atomic mass is 19.1. The predicted octanol–water partition coefficient (Wildman–Crippen LogP) is 0.624. The smallest absolute Gasteiger partial charge is 0.236 e. The first-order chi connectivity index (χ1) is 11.9. The number of β-amino-alcohol motifs (C(OH)–C–C–N with tert-alkyl or cyclic N) is 1. The summed E-state index contributed by atoms with van der Waals surface area (Å²) in [5.74, 6) is -0.301. The number of carbonyl (C=O) groups excluding carboxylic acids is 2. The van der Waals surface area contributed by atoms with E-state index in [1.165, 1.54) is 19.1 Å². The topological polar surface area (TPSA) is 64.1 Å². The van der Waals surface area contributed by atoms with Crippen LogP contribution < -0.4 is 0 Å². The molecule has 7 heteroatoms. The summed E-state index contributed by atoms with van der Waals surface area (Å²) in [6.07, 6.45) is -0.0230. The van der Waals surface area contributed by atoms with Crippen LogP contribution in [-0.2, 0) is 9.59 Å². The molecule has 2 amide bonds. The molecule has 136 valence electrons. The number of hydrogen-bond donors (Lipinski definition) is 1. The normalized spacial score (nSPS) is 24.6. The number of piperazine rings is 1. The Morgan fingerprint density at radius 1 is 1.20 bits per heavy atom. The summed E-state index contributed by atoms with van der Waals surface area (Å²) in [6, 6.07) is 6.17. The second-order valence-electron chi connectivity index (χ2n) is 6.78. The third-order valence-corrected chi connectivity index (χ3v) is 5.03. The van der Waals surface area contributed by atoms with E-state index in [9.17, 15) is 19.1 Å². The molecule has 2 aliphatic heterocycles. The van der Waals surface area contributed by atoms with Crippen LogP contribution >= 0.6 is 0 Å². The number of hydrogen-bond acceptors (Lipinski definition) is 4. The van der Waals surface area contributed by atoms with Gasteiger partial charge in [-0.15, -0.1) is 0 Å². The first-order valence-corrected chi connectivity index (χ1v) is 8.65. The Labute approximate surface area is 146 Å². The van der Waals surface area contributed by atoms with Crippen LogP contribution in [0.2, 0.25) is 0 Å². The van der Waals surface area contributed by atoms with Gasteiger partial charge >= 0.3 is 0 Å². The minimum Gasteiger partial charge on any atom is -0.392 e. The highest BCUT2D eigenvalue weighted by Gasteiger charge is 2.34. The Morgan fingerprint density at radius 2 is 1.88 bits per heavy atom. The van der Waals surface area contributed by atoms with Crippen LogP contribution in [0.4, 0.5) is 4.39 Å². The van der Waals surface area contributed by atoms with E-state index in [-0.39, 0.29) is 30.2 Å². The van der Waals surface area contributed by atoms with Crippen LogP contribution in [0.15, 0.2) is 24.3 Å². The van der Waals surface area contributed by atoms with Crippen LogP contribution in [0.1, 0.15) is 24.9 Å². The maximum atomic E-state index is 13.5. The van der Waals surface area contributed by atoms with Gasteiger partial charge in [0, 0.05) is 45.7 Å². The molecule has 2 saturated heterocycles. The summed E-state index contributed by atoms with van der Waals surface area (Å²) in [5.41, 5.74) is 0.783. The minimum absolute atomic E-state index is 0.0151. The summed E-state index contributed by atoms with van der Waals surface area (Å²) in [6.45, 7) is 4.29. The Hall–Kier alpha value is -1.99. The molecular weight excluding hydrogens is 325 g/mol. The fourth-order valence-electron chi connectivity index (χ4n) is 3.66. The minimum atomic E-state index is -0.518. The Bertz CT molecular complexity index is 646. The first kappa shape index (κ1) is 17.8. The van der Waals surface area contributed by atoms with E-state index in [1.807, 2.05) is 11.0 Å². The molecule has 6 nitrogen and oxygen atoms in total. The zero-order valence-electron chi connectivity index (χ0n) is 14.4. The molecule has 0 unspecified atom stereocenters. The highest BCUT2D eigenvalue weighted by Crippen LogP contribution is 2.32. The van der Waals surface area contributed by atoms with E-state index >= 15 is 0 Å². The average molecular weight is 349 g/mol. The van der Waals surface area contributed by atoms with Crippen molar-refractivity contribution in [2.45, 2.75) is 25.5 Å². The lowest BCUT2D eigenvalue weighted by Gasteiger charge is -2.35. The molecule has 0 saturated carbocycles. The van der Waals surface area contributed by atoms with Crippen LogP contribution in [0.25, 0.3) is 0 Å². The molecule has 1 aromatic rings. The fourth-order valence-corrected chi connectivity index (χ4v) is 3.66. The molecule has 1 aromatic carbocycles. The molecule has 25 heavy (non-hydrogen) atoms. The molecule has 0 aliphatic carbocycles.